The van der Waals surface area contributed by atoms with Crippen molar-refractivity contribution in [3.05, 3.63) is 29.8 Å². The zero-order valence-corrected chi connectivity index (χ0v) is 10.7. The SMILES string of the molecule is COP(=O)(O)Cc1ccc(S(C)(=O)=O)cc1. The van der Waals surface area contributed by atoms with Crippen molar-refractivity contribution in [2.24, 2.45) is 0 Å². The second-order valence-corrected chi connectivity index (χ2v) is 7.37. The van der Waals surface area contributed by atoms with Crippen LogP contribution in [0.1, 0.15) is 5.56 Å². The number of sulfone groups is 1. The van der Waals surface area contributed by atoms with E-state index in [4.69, 9.17) is 0 Å². The van der Waals surface area contributed by atoms with Crippen molar-refractivity contribution in [3.63, 3.8) is 0 Å². The molecule has 1 aromatic carbocycles. The predicted molar refractivity (Wildman–Crippen MR) is 60.1 cm³/mol. The van der Waals surface area contributed by atoms with Crippen LogP contribution in [0.5, 0.6) is 0 Å². The van der Waals surface area contributed by atoms with E-state index in [9.17, 15) is 17.9 Å². The predicted octanol–water partition coefficient (Wildman–Crippen LogP) is 1.42. The molecule has 0 heterocycles. The van der Waals surface area contributed by atoms with Crippen LogP contribution in [0.15, 0.2) is 29.2 Å². The molecule has 5 nitrogen and oxygen atoms in total. The Balaban J connectivity index is 2.93. The van der Waals surface area contributed by atoms with Gasteiger partial charge in [0, 0.05) is 13.4 Å². The van der Waals surface area contributed by atoms with Crippen molar-refractivity contribution < 1.29 is 22.4 Å². The van der Waals surface area contributed by atoms with Gasteiger partial charge in [0.05, 0.1) is 11.1 Å². The Labute approximate surface area is 94.5 Å². The summed E-state index contributed by atoms with van der Waals surface area (Å²) in [6, 6.07) is 5.80. The standard InChI is InChI=1S/C9H13O5PS/c1-14-15(10,11)7-8-3-5-9(6-4-8)16(2,12)13/h3-6H,7H2,1-2H3,(H,10,11). The quantitative estimate of drug-likeness (QED) is 0.832. The fourth-order valence-corrected chi connectivity index (χ4v) is 2.57. The zero-order valence-electron chi connectivity index (χ0n) is 8.95. The van der Waals surface area contributed by atoms with Crippen LogP contribution in [-0.2, 0) is 25.1 Å². The van der Waals surface area contributed by atoms with E-state index in [0.717, 1.165) is 13.4 Å². The topological polar surface area (TPSA) is 80.7 Å². The minimum absolute atomic E-state index is 0.131. The molecular weight excluding hydrogens is 251 g/mol. The van der Waals surface area contributed by atoms with Gasteiger partial charge >= 0.3 is 7.60 Å². The Kier molecular flexibility index (Phi) is 3.91. The lowest BCUT2D eigenvalue weighted by Gasteiger charge is -2.08. The summed E-state index contributed by atoms with van der Waals surface area (Å²) in [6.07, 6.45) is 0.974. The van der Waals surface area contributed by atoms with Crippen LogP contribution in [0.2, 0.25) is 0 Å². The molecular formula is C9H13O5PS. The average Bonchev–Trinajstić information content (AvgIpc) is 2.16. The third-order valence-corrected chi connectivity index (χ3v) is 4.48. The molecule has 90 valence electrons. The molecule has 7 heteroatoms. The van der Waals surface area contributed by atoms with E-state index in [1.54, 1.807) is 0 Å². The molecule has 0 aliphatic carbocycles. The summed E-state index contributed by atoms with van der Waals surface area (Å²) in [4.78, 5) is 9.40. The second-order valence-electron chi connectivity index (χ2n) is 3.39. The van der Waals surface area contributed by atoms with Crippen molar-refractivity contribution >= 4 is 17.4 Å². The molecule has 0 aromatic heterocycles. The normalized spacial score (nSPS) is 15.7. The van der Waals surface area contributed by atoms with Gasteiger partial charge in [0.25, 0.3) is 0 Å². The molecule has 0 amide bonds. The first kappa shape index (κ1) is 13.4. The number of rotatable bonds is 4. The summed E-state index contributed by atoms with van der Waals surface area (Å²) < 4.78 is 38.0. The monoisotopic (exact) mass is 264 g/mol. The molecule has 1 rings (SSSR count). The molecule has 0 fully saturated rings. The Bertz CT molecular complexity index is 505. The van der Waals surface area contributed by atoms with Crippen LogP contribution in [0.4, 0.5) is 0 Å². The van der Waals surface area contributed by atoms with Crippen molar-refractivity contribution in [1.82, 2.24) is 0 Å². The lowest BCUT2D eigenvalue weighted by molar-refractivity contribution is 0.314. The Morgan fingerprint density at radius 1 is 1.31 bits per heavy atom. The highest BCUT2D eigenvalue weighted by atomic mass is 32.2. The third kappa shape index (κ3) is 3.72. The van der Waals surface area contributed by atoms with E-state index in [0.29, 0.717) is 5.56 Å². The maximum atomic E-state index is 11.2. The zero-order chi connectivity index (χ0) is 12.4. The van der Waals surface area contributed by atoms with Gasteiger partial charge in [-0.05, 0) is 17.7 Å². The molecule has 1 atom stereocenters. The first-order valence-electron chi connectivity index (χ1n) is 4.41. The van der Waals surface area contributed by atoms with E-state index in [2.05, 4.69) is 4.52 Å². The van der Waals surface area contributed by atoms with Crippen LogP contribution >= 0.6 is 7.60 Å². The lowest BCUT2D eigenvalue weighted by atomic mass is 10.2. The minimum Gasteiger partial charge on any atom is -0.324 e. The Hall–Kier alpha value is -0.680. The molecule has 0 bridgehead atoms. The molecule has 1 N–H and O–H groups in total. The van der Waals surface area contributed by atoms with Crippen molar-refractivity contribution in [3.8, 4) is 0 Å². The minimum atomic E-state index is -3.60. The van der Waals surface area contributed by atoms with Gasteiger partial charge < -0.3 is 9.42 Å². The molecule has 16 heavy (non-hydrogen) atoms. The lowest BCUT2D eigenvalue weighted by Crippen LogP contribution is -1.97. The van der Waals surface area contributed by atoms with Crippen LogP contribution in [0, 0.1) is 0 Å². The molecule has 0 saturated carbocycles. The van der Waals surface area contributed by atoms with Gasteiger partial charge in [0.15, 0.2) is 9.84 Å². The number of hydrogen-bond acceptors (Lipinski definition) is 4. The largest absolute Gasteiger partial charge is 0.332 e. The van der Waals surface area contributed by atoms with Crippen molar-refractivity contribution in [2.45, 2.75) is 11.1 Å². The molecule has 1 aromatic rings. The van der Waals surface area contributed by atoms with Crippen LogP contribution < -0.4 is 0 Å². The van der Waals surface area contributed by atoms with Gasteiger partial charge in [-0.1, -0.05) is 12.1 Å². The van der Waals surface area contributed by atoms with Gasteiger partial charge in [0.1, 0.15) is 0 Å². The summed E-state index contributed by atoms with van der Waals surface area (Å²) in [5, 5.41) is 0. The van der Waals surface area contributed by atoms with Crippen molar-refractivity contribution in [2.75, 3.05) is 13.4 Å². The molecule has 1 unspecified atom stereocenters. The van der Waals surface area contributed by atoms with E-state index in [1.807, 2.05) is 0 Å². The van der Waals surface area contributed by atoms with E-state index in [-0.39, 0.29) is 11.1 Å². The Morgan fingerprint density at radius 3 is 2.19 bits per heavy atom. The highest BCUT2D eigenvalue weighted by Crippen LogP contribution is 2.44. The van der Waals surface area contributed by atoms with E-state index < -0.39 is 17.4 Å². The Morgan fingerprint density at radius 2 is 1.81 bits per heavy atom. The van der Waals surface area contributed by atoms with Crippen molar-refractivity contribution in [1.29, 1.82) is 0 Å². The highest BCUT2D eigenvalue weighted by molar-refractivity contribution is 7.90. The van der Waals surface area contributed by atoms with Crippen LogP contribution in [0.3, 0.4) is 0 Å². The number of benzene rings is 1. The summed E-state index contributed by atoms with van der Waals surface area (Å²) in [6.45, 7) is 0. The molecule has 0 spiro atoms. The van der Waals surface area contributed by atoms with Gasteiger partial charge in [0.2, 0.25) is 0 Å². The first-order chi connectivity index (χ1) is 7.24. The second kappa shape index (κ2) is 4.67. The van der Waals surface area contributed by atoms with Gasteiger partial charge in [-0.3, -0.25) is 4.57 Å². The van der Waals surface area contributed by atoms with Gasteiger partial charge in [-0.15, -0.1) is 0 Å². The van der Waals surface area contributed by atoms with E-state index >= 15 is 0 Å². The third-order valence-electron chi connectivity index (χ3n) is 2.02. The fourth-order valence-electron chi connectivity index (χ4n) is 1.14. The highest BCUT2D eigenvalue weighted by Gasteiger charge is 2.18. The molecule has 0 radical (unpaired) electrons. The summed E-state index contributed by atoms with van der Waals surface area (Å²) >= 11 is 0. The summed E-state index contributed by atoms with van der Waals surface area (Å²) in [7, 11) is -5.67. The molecule has 0 aliphatic heterocycles. The average molecular weight is 264 g/mol. The summed E-state index contributed by atoms with van der Waals surface area (Å²) in [5.74, 6) is 0. The number of hydrogen-bond donors (Lipinski definition) is 1. The van der Waals surface area contributed by atoms with Crippen LogP contribution in [-0.4, -0.2) is 26.7 Å². The molecule has 0 aliphatic rings. The summed E-state index contributed by atoms with van der Waals surface area (Å²) in [5.41, 5.74) is 0.556. The maximum absolute atomic E-state index is 11.2. The van der Waals surface area contributed by atoms with Gasteiger partial charge in [-0.2, -0.15) is 0 Å². The van der Waals surface area contributed by atoms with E-state index in [1.165, 1.54) is 24.3 Å². The van der Waals surface area contributed by atoms with Gasteiger partial charge in [-0.25, -0.2) is 8.42 Å². The maximum Gasteiger partial charge on any atom is 0.332 e. The fraction of sp³-hybridized carbons (Fsp3) is 0.333. The smallest absolute Gasteiger partial charge is 0.324 e. The van der Waals surface area contributed by atoms with Crippen LogP contribution in [0.25, 0.3) is 0 Å². The molecule has 0 saturated heterocycles. The first-order valence-corrected chi connectivity index (χ1v) is 8.06.